The van der Waals surface area contributed by atoms with Crippen molar-refractivity contribution in [3.63, 3.8) is 0 Å². The van der Waals surface area contributed by atoms with Gasteiger partial charge >= 0.3 is 0 Å². The van der Waals surface area contributed by atoms with Gasteiger partial charge in [0.2, 0.25) is 0 Å². The van der Waals surface area contributed by atoms with E-state index in [0.717, 1.165) is 0 Å². The molecule has 1 amide bonds. The molecule has 0 aliphatic carbocycles. The number of rotatable bonds is 2. The van der Waals surface area contributed by atoms with Gasteiger partial charge in [0, 0.05) is 5.56 Å². The number of nitrogens with one attached hydrogen (secondary N) is 2. The second kappa shape index (κ2) is 4.61. The van der Waals surface area contributed by atoms with Crippen molar-refractivity contribution < 1.29 is 4.79 Å². The van der Waals surface area contributed by atoms with Crippen LogP contribution in [-0.2, 0) is 0 Å². The first-order valence-corrected chi connectivity index (χ1v) is 5.96. The standard InChI is InChI=1S/C13H11N5O2/c1-8-10(12(20)18-13(16-8)14-7-15-18)17-11(19)9-5-3-2-4-6-9/h2-7H,1H3,(H,17,19)(H,14,15,16). The number of aryl methyl sites for hydroxylation is 1. The van der Waals surface area contributed by atoms with Crippen LogP contribution in [0, 0.1) is 6.92 Å². The fraction of sp³-hybridized carbons (Fsp3) is 0.0769. The molecule has 100 valence electrons. The van der Waals surface area contributed by atoms with Gasteiger partial charge in [-0.1, -0.05) is 18.2 Å². The van der Waals surface area contributed by atoms with Gasteiger partial charge in [-0.3, -0.25) is 14.7 Å². The minimum atomic E-state index is -0.394. The Labute approximate surface area is 113 Å². The molecule has 2 heterocycles. The van der Waals surface area contributed by atoms with Crippen molar-refractivity contribution in [2.75, 3.05) is 5.32 Å². The molecule has 0 spiro atoms. The quantitative estimate of drug-likeness (QED) is 0.725. The third kappa shape index (κ3) is 1.95. The summed E-state index contributed by atoms with van der Waals surface area (Å²) in [4.78, 5) is 32.3. The van der Waals surface area contributed by atoms with Gasteiger partial charge < -0.3 is 5.32 Å². The van der Waals surface area contributed by atoms with Gasteiger partial charge in [0.25, 0.3) is 17.2 Å². The molecule has 2 N–H and O–H groups in total. The number of H-pyrrole nitrogens is 1. The number of carbonyl (C=O) groups is 1. The van der Waals surface area contributed by atoms with Gasteiger partial charge in [0.1, 0.15) is 12.0 Å². The first-order chi connectivity index (χ1) is 9.66. The van der Waals surface area contributed by atoms with Crippen molar-refractivity contribution in [1.82, 2.24) is 19.6 Å². The van der Waals surface area contributed by atoms with Gasteiger partial charge in [0.05, 0.1) is 5.69 Å². The van der Waals surface area contributed by atoms with E-state index in [9.17, 15) is 9.59 Å². The average molecular weight is 269 g/mol. The number of fused-ring (bicyclic) bond motifs is 1. The molecule has 0 aliphatic rings. The lowest BCUT2D eigenvalue weighted by molar-refractivity contribution is 0.102. The van der Waals surface area contributed by atoms with E-state index in [2.05, 4.69) is 20.4 Å². The fourth-order valence-corrected chi connectivity index (χ4v) is 1.88. The van der Waals surface area contributed by atoms with Gasteiger partial charge in [-0.05, 0) is 19.1 Å². The summed E-state index contributed by atoms with van der Waals surface area (Å²) in [6.07, 6.45) is 1.37. The van der Waals surface area contributed by atoms with Crippen molar-refractivity contribution in [3.8, 4) is 0 Å². The predicted octanol–water partition coefficient (Wildman–Crippen LogP) is 0.978. The van der Waals surface area contributed by atoms with E-state index in [-0.39, 0.29) is 17.4 Å². The van der Waals surface area contributed by atoms with Crippen molar-refractivity contribution in [3.05, 3.63) is 58.3 Å². The number of anilines is 1. The molecule has 0 saturated heterocycles. The van der Waals surface area contributed by atoms with Gasteiger partial charge in [-0.15, -0.1) is 0 Å². The molecule has 3 rings (SSSR count). The lowest BCUT2D eigenvalue weighted by atomic mass is 10.2. The Balaban J connectivity index is 2.03. The van der Waals surface area contributed by atoms with E-state index in [0.29, 0.717) is 11.3 Å². The molecule has 7 nitrogen and oxygen atoms in total. The second-order valence-corrected chi connectivity index (χ2v) is 4.22. The van der Waals surface area contributed by atoms with E-state index < -0.39 is 5.56 Å². The third-order valence-corrected chi connectivity index (χ3v) is 2.89. The molecule has 0 fully saturated rings. The molecule has 0 aliphatic heterocycles. The molecule has 0 unspecified atom stereocenters. The lowest BCUT2D eigenvalue weighted by Gasteiger charge is -2.07. The molecular weight excluding hydrogens is 258 g/mol. The topological polar surface area (TPSA) is 92.2 Å². The summed E-state index contributed by atoms with van der Waals surface area (Å²) in [7, 11) is 0. The van der Waals surface area contributed by atoms with Gasteiger partial charge in [-0.2, -0.15) is 4.52 Å². The normalized spacial score (nSPS) is 10.7. The zero-order chi connectivity index (χ0) is 14.1. The number of hydrogen-bond acceptors (Lipinski definition) is 4. The molecule has 0 atom stereocenters. The SMILES string of the molecule is Cc1nc2nc[nH]n2c(=O)c1NC(=O)c1ccccc1. The Hall–Kier alpha value is -2.96. The van der Waals surface area contributed by atoms with Crippen LogP contribution in [0.15, 0.2) is 41.5 Å². The third-order valence-electron chi connectivity index (χ3n) is 2.89. The maximum absolute atomic E-state index is 12.2. The highest BCUT2D eigenvalue weighted by atomic mass is 16.2. The average Bonchev–Trinajstić information content (AvgIpc) is 2.92. The van der Waals surface area contributed by atoms with Gasteiger partial charge in [0.15, 0.2) is 0 Å². The summed E-state index contributed by atoms with van der Waals surface area (Å²) in [6.45, 7) is 1.65. The van der Waals surface area contributed by atoms with Crippen LogP contribution in [0.5, 0.6) is 0 Å². The maximum Gasteiger partial charge on any atom is 0.298 e. The number of hydrogen-bond donors (Lipinski definition) is 2. The number of benzene rings is 1. The Kier molecular flexibility index (Phi) is 2.79. The summed E-state index contributed by atoms with van der Waals surface area (Å²) in [5.41, 5.74) is 0.641. The number of amides is 1. The zero-order valence-corrected chi connectivity index (χ0v) is 10.6. The summed E-state index contributed by atoms with van der Waals surface area (Å²) < 4.78 is 1.17. The van der Waals surface area contributed by atoms with E-state index in [4.69, 9.17) is 0 Å². The lowest BCUT2D eigenvalue weighted by Crippen LogP contribution is -2.25. The summed E-state index contributed by atoms with van der Waals surface area (Å²) >= 11 is 0. The highest BCUT2D eigenvalue weighted by Gasteiger charge is 2.14. The molecule has 3 aromatic rings. The Morgan fingerprint density at radius 3 is 2.80 bits per heavy atom. The maximum atomic E-state index is 12.2. The second-order valence-electron chi connectivity index (χ2n) is 4.22. The molecule has 0 bridgehead atoms. The minimum absolute atomic E-state index is 0.139. The molecular formula is C13H11N5O2. The first kappa shape index (κ1) is 12.1. The van der Waals surface area contributed by atoms with Crippen LogP contribution in [0.3, 0.4) is 0 Å². The van der Waals surface area contributed by atoms with Crippen LogP contribution in [0.4, 0.5) is 5.69 Å². The van der Waals surface area contributed by atoms with Crippen LogP contribution in [0.1, 0.15) is 16.1 Å². The Morgan fingerprint density at radius 1 is 1.30 bits per heavy atom. The highest BCUT2D eigenvalue weighted by Crippen LogP contribution is 2.09. The summed E-state index contributed by atoms with van der Waals surface area (Å²) in [6, 6.07) is 8.67. The van der Waals surface area contributed by atoms with E-state index in [1.165, 1.54) is 10.8 Å². The zero-order valence-electron chi connectivity index (χ0n) is 10.6. The van der Waals surface area contributed by atoms with E-state index in [1.54, 1.807) is 31.2 Å². The minimum Gasteiger partial charge on any atom is -0.316 e. The molecule has 1 aromatic carbocycles. The summed E-state index contributed by atoms with van der Waals surface area (Å²) in [5, 5.41) is 5.24. The molecule has 0 saturated carbocycles. The summed E-state index contributed by atoms with van der Waals surface area (Å²) in [5.74, 6) is -0.0859. The van der Waals surface area contributed by atoms with Crippen molar-refractivity contribution in [2.45, 2.75) is 6.92 Å². The predicted molar refractivity (Wildman–Crippen MR) is 72.7 cm³/mol. The van der Waals surface area contributed by atoms with Crippen molar-refractivity contribution in [2.24, 2.45) is 0 Å². The largest absolute Gasteiger partial charge is 0.316 e. The van der Waals surface area contributed by atoms with Gasteiger partial charge in [-0.25, -0.2) is 9.97 Å². The number of aromatic amines is 1. The van der Waals surface area contributed by atoms with Crippen LogP contribution < -0.4 is 10.9 Å². The number of carbonyl (C=O) groups excluding carboxylic acids is 1. The monoisotopic (exact) mass is 269 g/mol. The fourth-order valence-electron chi connectivity index (χ4n) is 1.88. The van der Waals surface area contributed by atoms with Crippen LogP contribution >= 0.6 is 0 Å². The van der Waals surface area contributed by atoms with Crippen LogP contribution in [-0.4, -0.2) is 25.5 Å². The van der Waals surface area contributed by atoms with Crippen LogP contribution in [0.25, 0.3) is 5.78 Å². The first-order valence-electron chi connectivity index (χ1n) is 5.96. The van der Waals surface area contributed by atoms with E-state index >= 15 is 0 Å². The van der Waals surface area contributed by atoms with E-state index in [1.807, 2.05) is 6.07 Å². The van der Waals surface area contributed by atoms with Crippen molar-refractivity contribution >= 4 is 17.4 Å². The number of aromatic nitrogens is 4. The smallest absolute Gasteiger partial charge is 0.298 e. The molecule has 2 aromatic heterocycles. The van der Waals surface area contributed by atoms with Crippen molar-refractivity contribution in [1.29, 1.82) is 0 Å². The highest BCUT2D eigenvalue weighted by molar-refractivity contribution is 6.04. The van der Waals surface area contributed by atoms with Crippen LogP contribution in [0.2, 0.25) is 0 Å². The molecule has 7 heteroatoms. The molecule has 20 heavy (non-hydrogen) atoms. The Morgan fingerprint density at radius 2 is 2.05 bits per heavy atom. The number of nitrogens with zero attached hydrogens (tertiary/aromatic N) is 3. The molecule has 0 radical (unpaired) electrons. The Bertz CT molecular complexity index is 835.